The molecule has 1 aliphatic carbocycles. The molecule has 9 rings (SSSR count). The van der Waals surface area contributed by atoms with Crippen LogP contribution in [0.3, 0.4) is 0 Å². The van der Waals surface area contributed by atoms with E-state index in [1.807, 2.05) is 12.1 Å². The van der Waals surface area contributed by atoms with E-state index in [2.05, 4.69) is 131 Å². The predicted molar refractivity (Wildman–Crippen MR) is 167 cm³/mol. The summed E-state index contributed by atoms with van der Waals surface area (Å²) in [6.45, 7) is 0. The fourth-order valence-electron chi connectivity index (χ4n) is 6.68. The molecule has 1 aliphatic rings. The first-order chi connectivity index (χ1) is 19.9. The molecule has 0 spiro atoms. The van der Waals surface area contributed by atoms with Crippen LogP contribution < -0.4 is 0 Å². The zero-order valence-corrected chi connectivity index (χ0v) is 21.7. The molecule has 0 N–H and O–H groups in total. The van der Waals surface area contributed by atoms with Crippen LogP contribution in [0.2, 0.25) is 0 Å². The van der Waals surface area contributed by atoms with Gasteiger partial charge in [0.05, 0.1) is 22.2 Å². The van der Waals surface area contributed by atoms with Gasteiger partial charge >= 0.3 is 0 Å². The Hall–Kier alpha value is -5.28. The number of aromatic nitrogens is 2. The van der Waals surface area contributed by atoms with E-state index in [1.54, 1.807) is 0 Å². The molecular weight excluding hydrogens is 488 g/mol. The van der Waals surface area contributed by atoms with Gasteiger partial charge in [-0.2, -0.15) is 0 Å². The lowest BCUT2D eigenvalue weighted by atomic mass is 10.1. The Labute approximate surface area is 230 Å². The second-order valence-electron chi connectivity index (χ2n) is 10.5. The molecule has 188 valence electrons. The van der Waals surface area contributed by atoms with Gasteiger partial charge in [0.1, 0.15) is 5.58 Å². The average Bonchev–Trinajstić information content (AvgIpc) is 3.57. The number of hydrogen-bond donors (Lipinski definition) is 0. The van der Waals surface area contributed by atoms with Crippen LogP contribution in [0.15, 0.2) is 132 Å². The van der Waals surface area contributed by atoms with Gasteiger partial charge in [0.15, 0.2) is 5.58 Å². The minimum absolute atomic E-state index is 0.894. The quantitative estimate of drug-likeness (QED) is 0.226. The Morgan fingerprint density at radius 2 is 1.27 bits per heavy atom. The van der Waals surface area contributed by atoms with Crippen molar-refractivity contribution in [2.45, 2.75) is 6.42 Å². The van der Waals surface area contributed by atoms with Gasteiger partial charge in [-0.3, -0.25) is 0 Å². The summed E-state index contributed by atoms with van der Waals surface area (Å²) in [5.74, 6) is 0. The van der Waals surface area contributed by atoms with Crippen LogP contribution in [0.5, 0.6) is 0 Å². The van der Waals surface area contributed by atoms with Crippen LogP contribution in [0, 0.1) is 0 Å². The monoisotopic (exact) mass is 512 g/mol. The summed E-state index contributed by atoms with van der Waals surface area (Å²) in [7, 11) is 0. The van der Waals surface area contributed by atoms with Gasteiger partial charge in [0.2, 0.25) is 0 Å². The molecule has 0 aliphatic heterocycles. The predicted octanol–water partition coefficient (Wildman–Crippen LogP) is 9.75. The normalized spacial score (nSPS) is 13.2. The van der Waals surface area contributed by atoms with Gasteiger partial charge in [0, 0.05) is 50.3 Å². The molecule has 3 heteroatoms. The van der Waals surface area contributed by atoms with Crippen molar-refractivity contribution in [3.05, 3.63) is 139 Å². The summed E-state index contributed by atoms with van der Waals surface area (Å²) in [4.78, 5) is 0. The van der Waals surface area contributed by atoms with Crippen molar-refractivity contribution in [3.8, 4) is 11.4 Å². The summed E-state index contributed by atoms with van der Waals surface area (Å²) in [6.07, 6.45) is 9.68. The second kappa shape index (κ2) is 8.11. The van der Waals surface area contributed by atoms with Crippen LogP contribution in [-0.2, 0) is 6.42 Å². The van der Waals surface area contributed by atoms with E-state index in [1.165, 1.54) is 49.7 Å². The van der Waals surface area contributed by atoms with E-state index in [-0.39, 0.29) is 0 Å². The van der Waals surface area contributed by atoms with E-state index in [9.17, 15) is 0 Å². The first kappa shape index (κ1) is 21.6. The molecule has 3 nitrogen and oxygen atoms in total. The third-order valence-electron chi connectivity index (χ3n) is 8.38. The minimum Gasteiger partial charge on any atom is -0.454 e. The molecule has 40 heavy (non-hydrogen) atoms. The third-order valence-corrected chi connectivity index (χ3v) is 8.38. The smallest absolute Gasteiger partial charge is 0.159 e. The number of rotatable bonds is 2. The minimum atomic E-state index is 0.894. The molecule has 5 aromatic carbocycles. The lowest BCUT2D eigenvalue weighted by Crippen LogP contribution is -2.00. The van der Waals surface area contributed by atoms with Crippen molar-refractivity contribution in [3.63, 3.8) is 0 Å². The Morgan fingerprint density at radius 1 is 0.550 bits per heavy atom. The summed E-state index contributed by atoms with van der Waals surface area (Å²) in [5, 5.41) is 6.03. The fraction of sp³-hybridized carbons (Fsp3) is 0.0270. The highest BCUT2D eigenvalue weighted by Crippen LogP contribution is 2.39. The maximum atomic E-state index is 6.47. The Morgan fingerprint density at radius 3 is 2.17 bits per heavy atom. The first-order valence-corrected chi connectivity index (χ1v) is 13.8. The number of benzene rings is 5. The summed E-state index contributed by atoms with van der Waals surface area (Å²) >= 11 is 0. The highest BCUT2D eigenvalue weighted by Gasteiger charge is 2.20. The SMILES string of the molecule is C1=CCc2c(c3ccccc3n2-c2ccc3c(c2)c2ccccc2n3-c2cccc3c2oc2ccccc23)C=C1. The van der Waals surface area contributed by atoms with Gasteiger partial charge < -0.3 is 13.6 Å². The molecule has 0 unspecified atom stereocenters. The molecule has 0 atom stereocenters. The second-order valence-corrected chi connectivity index (χ2v) is 10.5. The van der Waals surface area contributed by atoms with Crippen LogP contribution in [0.1, 0.15) is 11.3 Å². The molecule has 0 saturated heterocycles. The average molecular weight is 513 g/mol. The maximum Gasteiger partial charge on any atom is 0.159 e. The van der Waals surface area contributed by atoms with Crippen molar-refractivity contribution in [1.82, 2.24) is 9.13 Å². The van der Waals surface area contributed by atoms with Crippen LogP contribution in [0.25, 0.3) is 72.1 Å². The van der Waals surface area contributed by atoms with E-state index in [0.717, 1.165) is 34.0 Å². The summed E-state index contributed by atoms with van der Waals surface area (Å²) < 4.78 is 11.3. The topological polar surface area (TPSA) is 23.0 Å². The number of furan rings is 1. The number of nitrogens with zero attached hydrogens (tertiary/aromatic N) is 2. The van der Waals surface area contributed by atoms with E-state index in [0.29, 0.717) is 0 Å². The van der Waals surface area contributed by atoms with E-state index in [4.69, 9.17) is 4.42 Å². The molecule has 0 fully saturated rings. The fourth-order valence-corrected chi connectivity index (χ4v) is 6.68. The highest BCUT2D eigenvalue weighted by molar-refractivity contribution is 6.13. The van der Waals surface area contributed by atoms with Crippen molar-refractivity contribution < 1.29 is 4.42 Å². The number of fused-ring (bicyclic) bond motifs is 9. The molecule has 8 aromatic rings. The Bertz CT molecular complexity index is 2360. The molecule has 0 amide bonds. The van der Waals surface area contributed by atoms with Gasteiger partial charge in [-0.05, 0) is 42.5 Å². The summed E-state index contributed by atoms with van der Waals surface area (Å²) in [5.41, 5.74) is 10.3. The number of hydrogen-bond acceptors (Lipinski definition) is 1. The van der Waals surface area contributed by atoms with Gasteiger partial charge in [-0.1, -0.05) is 91.0 Å². The van der Waals surface area contributed by atoms with Gasteiger partial charge in [0.25, 0.3) is 0 Å². The lowest BCUT2D eigenvalue weighted by Gasteiger charge is -2.12. The molecule has 3 aromatic heterocycles. The molecule has 0 bridgehead atoms. The zero-order chi connectivity index (χ0) is 26.2. The van der Waals surface area contributed by atoms with Crippen LogP contribution in [-0.4, -0.2) is 9.13 Å². The first-order valence-electron chi connectivity index (χ1n) is 13.8. The van der Waals surface area contributed by atoms with E-state index >= 15 is 0 Å². The lowest BCUT2D eigenvalue weighted by molar-refractivity contribution is 0.666. The summed E-state index contributed by atoms with van der Waals surface area (Å²) in [6, 6.07) is 39.1. The molecule has 3 heterocycles. The van der Waals surface area contributed by atoms with Gasteiger partial charge in [-0.15, -0.1) is 0 Å². The van der Waals surface area contributed by atoms with E-state index < -0.39 is 0 Å². The van der Waals surface area contributed by atoms with Crippen LogP contribution in [0.4, 0.5) is 0 Å². The van der Waals surface area contributed by atoms with Crippen molar-refractivity contribution >= 4 is 60.7 Å². The largest absolute Gasteiger partial charge is 0.454 e. The number of para-hydroxylation sites is 4. The van der Waals surface area contributed by atoms with Gasteiger partial charge in [-0.25, -0.2) is 0 Å². The zero-order valence-electron chi connectivity index (χ0n) is 21.7. The molecule has 0 radical (unpaired) electrons. The number of allylic oxidation sites excluding steroid dienone is 3. The Kier molecular flexibility index (Phi) is 4.39. The van der Waals surface area contributed by atoms with Crippen molar-refractivity contribution in [2.75, 3.05) is 0 Å². The third kappa shape index (κ3) is 2.89. The Balaban J connectivity index is 1.36. The highest BCUT2D eigenvalue weighted by atomic mass is 16.3. The maximum absolute atomic E-state index is 6.47. The standard InChI is InChI=1S/C37H24N2O/c1-2-11-25-26-12-4-7-17-32(26)38(31(25)16-3-1)24-21-22-34-30(23-24)27-13-5-8-18-33(27)39(34)35-19-10-15-29-28-14-6-9-20-36(28)40-37(29)35/h1-15,17-23H,16H2. The molecular formula is C37H24N2O. The van der Waals surface area contributed by atoms with Crippen molar-refractivity contribution in [2.24, 2.45) is 0 Å². The van der Waals surface area contributed by atoms with Crippen LogP contribution >= 0.6 is 0 Å². The van der Waals surface area contributed by atoms with Crippen molar-refractivity contribution in [1.29, 1.82) is 0 Å². The molecule has 0 saturated carbocycles.